The summed E-state index contributed by atoms with van der Waals surface area (Å²) >= 11 is 4.92. The molecule has 0 amide bonds. The van der Waals surface area contributed by atoms with Crippen LogP contribution in [-0.2, 0) is 21.4 Å². The predicted octanol–water partition coefficient (Wildman–Crippen LogP) is 0.666. The first kappa shape index (κ1) is 32.5. The van der Waals surface area contributed by atoms with Gasteiger partial charge in [-0.2, -0.15) is 0 Å². The Hall–Kier alpha value is -1.53. The van der Waals surface area contributed by atoms with Crippen LogP contribution in [0, 0.1) is 5.41 Å². The van der Waals surface area contributed by atoms with E-state index in [4.69, 9.17) is 16.0 Å². The van der Waals surface area contributed by atoms with Crippen LogP contribution in [-0.4, -0.2) is 37.1 Å². The minimum atomic E-state index is -0.187. The number of para-hydroxylation sites is 1. The number of aliphatic hydroxyl groups is 1. The molecule has 0 heterocycles. The van der Waals surface area contributed by atoms with Gasteiger partial charge in [-0.05, 0) is 0 Å². The van der Waals surface area contributed by atoms with Gasteiger partial charge < -0.3 is 24.8 Å². The maximum atomic E-state index is 11.2. The number of aliphatic hydroxyl groups excluding tert-OH is 1. The van der Waals surface area contributed by atoms with E-state index in [1.165, 1.54) is 19.3 Å². The summed E-state index contributed by atoms with van der Waals surface area (Å²) in [7, 11) is 0. The number of hydrazone groups is 2. The molecule has 2 N–H and O–H groups in total. The van der Waals surface area contributed by atoms with E-state index in [1.807, 2.05) is 36.7 Å². The zero-order valence-corrected chi connectivity index (χ0v) is 24.9. The molecule has 0 aliphatic heterocycles. The second kappa shape index (κ2) is 12.8. The van der Waals surface area contributed by atoms with Crippen molar-refractivity contribution in [1.29, 1.82) is 0 Å². The Kier molecular flexibility index (Phi) is 11.6. The summed E-state index contributed by atoms with van der Waals surface area (Å²) in [4.78, 5) is 0. The average molecular weight is 579 g/mol. The molecule has 0 bridgehead atoms. The van der Waals surface area contributed by atoms with Crippen LogP contribution in [0.25, 0.3) is 0 Å². The Morgan fingerprint density at radius 1 is 0.944 bits per heavy atom. The molecule has 3 rings (SSSR count). The van der Waals surface area contributed by atoms with Crippen molar-refractivity contribution in [2.45, 2.75) is 91.5 Å². The molecule has 0 unspecified atom stereocenters. The summed E-state index contributed by atoms with van der Waals surface area (Å²) in [6, 6.07) is 6.12. The number of rotatable bonds is 4. The van der Waals surface area contributed by atoms with Gasteiger partial charge in [0.1, 0.15) is 0 Å². The molecule has 2 aliphatic carbocycles. The zero-order valence-electron chi connectivity index (χ0n) is 22.4. The molecule has 0 saturated heterocycles. The first-order valence-corrected chi connectivity index (χ1v) is 12.8. The van der Waals surface area contributed by atoms with Gasteiger partial charge in [0.25, 0.3) is 0 Å². The van der Waals surface area contributed by atoms with E-state index in [0.29, 0.717) is 12.2 Å². The van der Waals surface area contributed by atoms with Crippen molar-refractivity contribution in [2.75, 3.05) is 0 Å². The Labute approximate surface area is 238 Å². The third kappa shape index (κ3) is 7.74. The van der Waals surface area contributed by atoms with Crippen LogP contribution in [0.5, 0.6) is 5.75 Å². The molecule has 4 nitrogen and oxygen atoms in total. The number of hydrogen-bond donors (Lipinski definition) is 2. The maximum Gasteiger partial charge on any atom is -1.00 e. The minimum Gasteiger partial charge on any atom is -1.00 e. The smallest absolute Gasteiger partial charge is 1.00 e. The molecule has 1 fully saturated rings. The SMILES string of the molecule is C=C1C=C(C(C)(C)C)C(O)=C(C=[N+](C2CCCCC2)[N+]([Co])=Cc2cccc(C(C)(C)C)c2O)C1.[Cl-].[Cl-]. The number of halogens is 2. The van der Waals surface area contributed by atoms with Crippen LogP contribution in [0.15, 0.2) is 53.3 Å². The van der Waals surface area contributed by atoms with E-state index >= 15 is 0 Å². The molecule has 0 atom stereocenters. The monoisotopic (exact) mass is 578 g/mol. The van der Waals surface area contributed by atoms with Gasteiger partial charge in [-0.25, -0.2) is 0 Å². The topological polar surface area (TPSA) is 46.5 Å². The van der Waals surface area contributed by atoms with Crippen LogP contribution in [0.3, 0.4) is 0 Å². The van der Waals surface area contributed by atoms with E-state index in [2.05, 4.69) is 52.8 Å². The van der Waals surface area contributed by atoms with Crippen LogP contribution < -0.4 is 24.8 Å². The molecule has 1 saturated carbocycles. The molecule has 0 radical (unpaired) electrons. The van der Waals surface area contributed by atoms with Crippen LogP contribution in [0.2, 0.25) is 0 Å². The molecule has 0 aromatic heterocycles. The molecule has 1 aromatic carbocycles. The Balaban J connectivity index is 0.00000324. The fourth-order valence-corrected chi connectivity index (χ4v) is 5.14. The standard InChI is InChI=1S/C29H40N2O2.2ClH.Co/c1-20-16-22(27(33)25(17-20)29(5,6)7)19-31(23-13-9-8-10-14-23)30-18-21-12-11-15-24(26(21)32)28(2,3)4;;;/h11-12,15,17-19,23H,1,8-10,13-14,16H2,2-7H3,(H,30,32);2*1H;/q;;;+1/p-1. The number of phenolic OH excluding ortho intramolecular Hbond substituents is 1. The van der Waals surface area contributed by atoms with Gasteiger partial charge in [0, 0.05) is 0 Å². The summed E-state index contributed by atoms with van der Waals surface area (Å²) in [6.07, 6.45) is 12.2. The number of phenols is 1. The van der Waals surface area contributed by atoms with Gasteiger partial charge in [-0.15, -0.1) is 0 Å². The summed E-state index contributed by atoms with van der Waals surface area (Å²) < 4.78 is 3.88. The summed E-state index contributed by atoms with van der Waals surface area (Å²) in [5.74, 6) is 0.613. The largest absolute Gasteiger partial charge is 1.00 e. The van der Waals surface area contributed by atoms with E-state index in [-0.39, 0.29) is 47.4 Å². The summed E-state index contributed by atoms with van der Waals surface area (Å²) in [6.45, 7) is 16.8. The van der Waals surface area contributed by atoms with Crippen LogP contribution in [0.4, 0.5) is 0 Å². The van der Waals surface area contributed by atoms with Gasteiger partial charge in [-0.1, -0.05) is 0 Å². The fraction of sp³-hybridized carbons (Fsp3) is 0.517. The van der Waals surface area contributed by atoms with Crippen molar-refractivity contribution in [1.82, 2.24) is 0 Å². The van der Waals surface area contributed by atoms with Crippen molar-refractivity contribution >= 4 is 12.4 Å². The summed E-state index contributed by atoms with van der Waals surface area (Å²) in [5.41, 5.74) is 4.01. The summed E-state index contributed by atoms with van der Waals surface area (Å²) in [5, 5.41) is 22.2. The number of allylic oxidation sites excluding steroid dienone is 4. The molecule has 36 heavy (non-hydrogen) atoms. The molecule has 7 heteroatoms. The quantitative estimate of drug-likeness (QED) is 0.313. The van der Waals surface area contributed by atoms with Crippen molar-refractivity contribution in [3.8, 4) is 5.75 Å². The molecular weight excluding hydrogens is 538 g/mol. The number of aromatic hydroxyl groups is 1. The van der Waals surface area contributed by atoms with E-state index in [9.17, 15) is 10.2 Å². The van der Waals surface area contributed by atoms with Crippen LogP contribution in [0.1, 0.15) is 91.2 Å². The second-order valence-corrected chi connectivity index (χ2v) is 12.2. The number of benzene rings is 1. The van der Waals surface area contributed by atoms with E-state index < -0.39 is 0 Å². The van der Waals surface area contributed by atoms with Crippen LogP contribution >= 0.6 is 0 Å². The zero-order chi connectivity index (χ0) is 25.3. The molecule has 2 aliphatic rings. The number of hydrogen-bond acceptors (Lipinski definition) is 2. The third-order valence-corrected chi connectivity index (χ3v) is 7.07. The Morgan fingerprint density at radius 3 is 2.11 bits per heavy atom. The average Bonchev–Trinajstić information content (AvgIpc) is 2.74. The third-order valence-electron chi connectivity index (χ3n) is 6.70. The second-order valence-electron chi connectivity index (χ2n) is 11.7. The van der Waals surface area contributed by atoms with E-state index in [0.717, 1.165) is 40.7 Å². The molecule has 0 spiro atoms. The number of nitrogens with zero attached hydrogens (tertiary/aromatic N) is 2. The first-order chi connectivity index (χ1) is 15.8. The van der Waals surface area contributed by atoms with Gasteiger partial charge >= 0.3 is 214 Å². The van der Waals surface area contributed by atoms with Gasteiger partial charge in [-0.3, -0.25) is 0 Å². The minimum absolute atomic E-state index is 0. The van der Waals surface area contributed by atoms with Crippen molar-refractivity contribution < 1.29 is 59.4 Å². The first-order valence-electron chi connectivity index (χ1n) is 12.3. The normalized spacial score (nSPS) is 18.4. The molecule has 1 aromatic rings. The Morgan fingerprint density at radius 2 is 1.56 bits per heavy atom. The van der Waals surface area contributed by atoms with E-state index in [1.54, 1.807) is 3.73 Å². The van der Waals surface area contributed by atoms with Crippen molar-refractivity contribution in [3.05, 3.63) is 64.5 Å². The fourth-order valence-electron chi connectivity index (χ4n) is 4.76. The molecular formula is C29H41Cl2CoN2O2. The number of hydrazine groups is 1. The molecule has 202 valence electrons. The van der Waals surface area contributed by atoms with Crippen molar-refractivity contribution in [3.63, 3.8) is 0 Å². The predicted molar refractivity (Wildman–Crippen MR) is 136 cm³/mol. The van der Waals surface area contributed by atoms with Gasteiger partial charge in [0.15, 0.2) is 0 Å². The Bertz CT molecular complexity index is 1080. The maximum absolute atomic E-state index is 11.2. The van der Waals surface area contributed by atoms with Gasteiger partial charge in [0.05, 0.1) is 0 Å². The van der Waals surface area contributed by atoms with Gasteiger partial charge in [0.2, 0.25) is 0 Å². The van der Waals surface area contributed by atoms with Crippen molar-refractivity contribution in [2.24, 2.45) is 5.41 Å².